The van der Waals surface area contributed by atoms with E-state index in [0.29, 0.717) is 36.8 Å². The average Bonchev–Trinajstić information content (AvgIpc) is 2.62. The monoisotopic (exact) mass is 388 g/mol. The highest BCUT2D eigenvalue weighted by Gasteiger charge is 2.42. The van der Waals surface area contributed by atoms with E-state index in [4.69, 9.17) is 21.1 Å². The predicted octanol–water partition coefficient (Wildman–Crippen LogP) is 5.98. The second-order valence-corrected chi connectivity index (χ2v) is 8.54. The molecule has 2 atom stereocenters. The Labute approximate surface area is 150 Å². The van der Waals surface area contributed by atoms with Gasteiger partial charge in [-0.25, -0.2) is 4.39 Å². The van der Waals surface area contributed by atoms with Gasteiger partial charge in [-0.2, -0.15) is 0 Å². The van der Waals surface area contributed by atoms with E-state index in [9.17, 15) is 4.39 Å². The molecule has 0 radical (unpaired) electrons. The zero-order valence-electron chi connectivity index (χ0n) is 13.2. The highest BCUT2D eigenvalue weighted by Crippen LogP contribution is 2.68. The van der Waals surface area contributed by atoms with E-state index in [1.165, 1.54) is 30.3 Å². The normalized spacial score (nSPS) is 23.4. The maximum Gasteiger partial charge on any atom is 0.165 e. The molecule has 0 aromatic heterocycles. The van der Waals surface area contributed by atoms with Crippen molar-refractivity contribution in [1.29, 1.82) is 0 Å². The minimum Gasteiger partial charge on any atom is -0.490 e. The Kier molecular flexibility index (Phi) is 4.38. The fourth-order valence-electron chi connectivity index (χ4n) is 3.54. The molecule has 25 heavy (non-hydrogen) atoms. The summed E-state index contributed by atoms with van der Waals surface area (Å²) >= 11 is 5.82. The van der Waals surface area contributed by atoms with E-state index in [2.05, 4.69) is 0 Å². The van der Waals surface area contributed by atoms with Gasteiger partial charge in [0.1, 0.15) is 10.8 Å². The quantitative estimate of drug-likeness (QED) is 0.629. The zero-order valence-corrected chi connectivity index (χ0v) is 14.8. The van der Waals surface area contributed by atoms with Crippen LogP contribution in [-0.2, 0) is 4.74 Å². The molecule has 2 aliphatic heterocycles. The van der Waals surface area contributed by atoms with Gasteiger partial charge in [-0.05, 0) is 48.7 Å². The van der Waals surface area contributed by atoms with Gasteiger partial charge in [0.05, 0.1) is 23.0 Å². The molecule has 2 unspecified atom stereocenters. The topological polar surface area (TPSA) is 18.5 Å². The van der Waals surface area contributed by atoms with Crippen molar-refractivity contribution in [2.75, 3.05) is 19.8 Å². The first-order valence-corrected chi connectivity index (χ1v) is 9.81. The van der Waals surface area contributed by atoms with Gasteiger partial charge in [0, 0.05) is 23.1 Å². The molecule has 134 valence electrons. The second-order valence-electron chi connectivity index (χ2n) is 6.25. The van der Waals surface area contributed by atoms with Crippen molar-refractivity contribution >= 4 is 22.4 Å². The summed E-state index contributed by atoms with van der Waals surface area (Å²) in [5.74, 6) is -0.812. The number of halogens is 4. The molecule has 1 fully saturated rings. The molecule has 2 aliphatic rings. The number of benzene rings is 2. The summed E-state index contributed by atoms with van der Waals surface area (Å²) in [6, 6.07) is 7.84. The van der Waals surface area contributed by atoms with Crippen LogP contribution in [0.15, 0.2) is 46.2 Å². The van der Waals surface area contributed by atoms with Gasteiger partial charge in [-0.3, -0.25) is 0 Å². The lowest BCUT2D eigenvalue weighted by atomic mass is 9.81. The van der Waals surface area contributed by atoms with Crippen molar-refractivity contribution in [3.63, 3.8) is 0 Å². The fourth-order valence-corrected chi connectivity index (χ4v) is 5.16. The van der Waals surface area contributed by atoms with E-state index in [1.807, 2.05) is 0 Å². The molecule has 1 saturated heterocycles. The highest BCUT2D eigenvalue weighted by atomic mass is 35.5. The molecule has 7 heteroatoms. The Bertz CT molecular complexity index is 798. The van der Waals surface area contributed by atoms with E-state index >= 15 is 7.77 Å². The Balaban J connectivity index is 1.86. The van der Waals surface area contributed by atoms with Crippen LogP contribution in [-0.4, -0.2) is 19.8 Å². The van der Waals surface area contributed by atoms with Gasteiger partial charge in [-0.15, -0.1) is 7.77 Å². The Morgan fingerprint density at radius 3 is 2.56 bits per heavy atom. The predicted molar refractivity (Wildman–Crippen MR) is 91.4 cm³/mol. The standard InChI is InChI=1S/C18H16ClF3O2S/c19-12-1-3-13(4-2-12)25(21,22)16-6-5-15(20)18-17(16)14-7-8-23-9-11(14)10-24-18/h1-6,11,14H,7-10H2. The maximum atomic E-state index is 15.3. The number of hydrogen-bond acceptors (Lipinski definition) is 2. The molecule has 2 heterocycles. The van der Waals surface area contributed by atoms with Crippen LogP contribution in [0.4, 0.5) is 12.2 Å². The SMILES string of the molecule is Fc1ccc(S(F)(F)c2ccc(Cl)cc2)c2c1OCC1COCCC21. The van der Waals surface area contributed by atoms with Gasteiger partial charge in [0.15, 0.2) is 11.6 Å². The average molecular weight is 389 g/mol. The Morgan fingerprint density at radius 1 is 1.04 bits per heavy atom. The third-order valence-electron chi connectivity index (χ3n) is 4.78. The smallest absolute Gasteiger partial charge is 0.165 e. The number of rotatable bonds is 2. The third kappa shape index (κ3) is 2.90. The van der Waals surface area contributed by atoms with Crippen LogP contribution < -0.4 is 4.74 Å². The van der Waals surface area contributed by atoms with Gasteiger partial charge in [-0.1, -0.05) is 11.6 Å². The summed E-state index contributed by atoms with van der Waals surface area (Å²) in [5.41, 5.74) is 0.314. The highest BCUT2D eigenvalue weighted by molar-refractivity contribution is 8.25. The minimum atomic E-state index is -4.31. The van der Waals surface area contributed by atoms with Gasteiger partial charge >= 0.3 is 0 Å². The van der Waals surface area contributed by atoms with Crippen LogP contribution >= 0.6 is 22.4 Å². The number of ether oxygens (including phenoxy) is 2. The van der Waals surface area contributed by atoms with E-state index in [0.717, 1.165) is 6.07 Å². The molecule has 0 aliphatic carbocycles. The lowest BCUT2D eigenvalue weighted by Gasteiger charge is -2.39. The summed E-state index contributed by atoms with van der Waals surface area (Å²) in [6.45, 7) is 1.22. The summed E-state index contributed by atoms with van der Waals surface area (Å²) in [7, 11) is -4.31. The molecule has 0 saturated carbocycles. The van der Waals surface area contributed by atoms with E-state index < -0.39 is 16.6 Å². The fraction of sp³-hybridized carbons (Fsp3) is 0.333. The molecule has 4 rings (SSSR count). The van der Waals surface area contributed by atoms with E-state index in [-0.39, 0.29) is 27.4 Å². The Morgan fingerprint density at radius 2 is 1.80 bits per heavy atom. The zero-order chi connectivity index (χ0) is 17.6. The molecule has 0 amide bonds. The number of hydrogen-bond donors (Lipinski definition) is 0. The van der Waals surface area contributed by atoms with Crippen molar-refractivity contribution in [1.82, 2.24) is 0 Å². The van der Waals surface area contributed by atoms with Crippen molar-refractivity contribution < 1.29 is 21.6 Å². The summed E-state index contributed by atoms with van der Waals surface area (Å²) in [6.07, 6.45) is 0.591. The van der Waals surface area contributed by atoms with Crippen LogP contribution in [0.25, 0.3) is 0 Å². The van der Waals surface area contributed by atoms with Crippen LogP contribution in [0.2, 0.25) is 5.02 Å². The molecule has 0 bridgehead atoms. The van der Waals surface area contributed by atoms with Crippen molar-refractivity contribution in [3.8, 4) is 5.75 Å². The van der Waals surface area contributed by atoms with Gasteiger partial charge < -0.3 is 9.47 Å². The van der Waals surface area contributed by atoms with Gasteiger partial charge in [0.2, 0.25) is 0 Å². The first-order chi connectivity index (χ1) is 12.0. The molecule has 2 aromatic carbocycles. The van der Waals surface area contributed by atoms with Crippen molar-refractivity contribution in [2.45, 2.75) is 22.1 Å². The van der Waals surface area contributed by atoms with Crippen LogP contribution in [0.3, 0.4) is 0 Å². The van der Waals surface area contributed by atoms with Crippen LogP contribution in [0.5, 0.6) is 5.75 Å². The molecular formula is C18H16ClF3O2S. The lowest BCUT2D eigenvalue weighted by Crippen LogP contribution is -2.35. The minimum absolute atomic E-state index is 0.0257. The molecule has 0 spiro atoms. The van der Waals surface area contributed by atoms with Crippen molar-refractivity contribution in [3.05, 3.63) is 52.8 Å². The van der Waals surface area contributed by atoms with Gasteiger partial charge in [0.25, 0.3) is 0 Å². The lowest BCUT2D eigenvalue weighted by molar-refractivity contribution is 0.00837. The molecular weight excluding hydrogens is 373 g/mol. The van der Waals surface area contributed by atoms with Crippen LogP contribution in [0, 0.1) is 11.7 Å². The van der Waals surface area contributed by atoms with Crippen molar-refractivity contribution in [2.24, 2.45) is 5.92 Å². The first-order valence-electron chi connectivity index (χ1n) is 7.99. The number of fused-ring (bicyclic) bond motifs is 3. The Hall–Kier alpha value is -1.37. The van der Waals surface area contributed by atoms with Crippen LogP contribution in [0.1, 0.15) is 17.9 Å². The first kappa shape index (κ1) is 17.1. The molecule has 0 N–H and O–H groups in total. The molecule has 2 nitrogen and oxygen atoms in total. The summed E-state index contributed by atoms with van der Waals surface area (Å²) in [5, 5.41) is 0.396. The second kappa shape index (κ2) is 6.41. The molecule has 2 aromatic rings. The largest absolute Gasteiger partial charge is 0.490 e. The maximum absolute atomic E-state index is 15.3. The third-order valence-corrected chi connectivity index (χ3v) is 6.81. The van der Waals surface area contributed by atoms with E-state index in [1.54, 1.807) is 0 Å². The summed E-state index contributed by atoms with van der Waals surface area (Å²) < 4.78 is 55.9. The summed E-state index contributed by atoms with van der Waals surface area (Å²) in [4.78, 5) is -0.220.